The number of nitrogens with zero attached hydrogens (tertiary/aromatic N) is 1. The van der Waals surface area contributed by atoms with Crippen molar-refractivity contribution in [2.24, 2.45) is 10.7 Å². The van der Waals surface area contributed by atoms with E-state index >= 15 is 0 Å². The lowest BCUT2D eigenvalue weighted by molar-refractivity contribution is 0.322. The molecule has 3 N–H and O–H groups in total. The Morgan fingerprint density at radius 1 is 1.41 bits per heavy atom. The molecule has 4 nitrogen and oxygen atoms in total. The quantitative estimate of drug-likeness (QED) is 0.465. The van der Waals surface area contributed by atoms with E-state index in [9.17, 15) is 0 Å². The summed E-state index contributed by atoms with van der Waals surface area (Å²) in [7, 11) is 0. The normalized spacial score (nSPS) is 11.3. The first-order valence-electron chi connectivity index (χ1n) is 5.64. The predicted octanol–water partition coefficient (Wildman–Crippen LogP) is 2.03. The van der Waals surface area contributed by atoms with Crippen molar-refractivity contribution >= 4 is 17.6 Å². The van der Waals surface area contributed by atoms with Gasteiger partial charge in [-0.3, -0.25) is 4.99 Å². The van der Waals surface area contributed by atoms with Crippen LogP contribution in [0.2, 0.25) is 5.02 Å². The minimum Gasteiger partial charge on any atom is -0.492 e. The third-order valence-corrected chi connectivity index (χ3v) is 2.25. The highest BCUT2D eigenvalue weighted by Crippen LogP contribution is 2.14. The fraction of sp³-hybridized carbons (Fsp3) is 0.417. The van der Waals surface area contributed by atoms with Gasteiger partial charge in [-0.2, -0.15) is 0 Å². The van der Waals surface area contributed by atoms with Gasteiger partial charge in [0.2, 0.25) is 0 Å². The molecule has 5 heteroatoms. The van der Waals surface area contributed by atoms with Crippen molar-refractivity contribution in [1.82, 2.24) is 5.32 Å². The van der Waals surface area contributed by atoms with E-state index in [1.807, 2.05) is 12.1 Å². The monoisotopic (exact) mass is 255 g/mol. The second-order valence-corrected chi connectivity index (χ2v) is 3.93. The van der Waals surface area contributed by atoms with Gasteiger partial charge in [-0.25, -0.2) is 0 Å². The van der Waals surface area contributed by atoms with Gasteiger partial charge in [0.25, 0.3) is 0 Å². The van der Waals surface area contributed by atoms with Crippen molar-refractivity contribution < 1.29 is 4.74 Å². The SMILES string of the molecule is CCCN=C(N)NCCOc1ccc(Cl)cc1. The van der Waals surface area contributed by atoms with Crippen LogP contribution in [0.5, 0.6) is 5.75 Å². The van der Waals surface area contributed by atoms with Crippen molar-refractivity contribution in [2.75, 3.05) is 19.7 Å². The highest BCUT2D eigenvalue weighted by atomic mass is 35.5. The number of hydrogen-bond donors (Lipinski definition) is 2. The average molecular weight is 256 g/mol. The molecule has 0 aliphatic heterocycles. The van der Waals surface area contributed by atoms with Crippen LogP contribution in [0.4, 0.5) is 0 Å². The molecule has 0 aliphatic rings. The van der Waals surface area contributed by atoms with E-state index in [0.717, 1.165) is 18.7 Å². The molecule has 0 fully saturated rings. The number of halogens is 1. The standard InChI is InChI=1S/C12H18ClN3O/c1-2-7-15-12(14)16-8-9-17-11-5-3-10(13)4-6-11/h3-6H,2,7-9H2,1H3,(H3,14,15,16). The van der Waals surface area contributed by atoms with E-state index in [4.69, 9.17) is 22.1 Å². The summed E-state index contributed by atoms with van der Waals surface area (Å²) < 4.78 is 5.48. The number of hydrogen-bond acceptors (Lipinski definition) is 2. The minimum atomic E-state index is 0.464. The molecule has 1 aromatic carbocycles. The summed E-state index contributed by atoms with van der Waals surface area (Å²) in [4.78, 5) is 4.11. The third kappa shape index (κ3) is 6.02. The molecule has 1 rings (SSSR count). The van der Waals surface area contributed by atoms with Gasteiger partial charge in [-0.15, -0.1) is 0 Å². The molecular formula is C12H18ClN3O. The summed E-state index contributed by atoms with van der Waals surface area (Å²) in [5.74, 6) is 1.26. The Morgan fingerprint density at radius 2 is 2.12 bits per heavy atom. The number of rotatable bonds is 6. The summed E-state index contributed by atoms with van der Waals surface area (Å²) in [5.41, 5.74) is 5.62. The molecule has 0 aromatic heterocycles. The molecule has 0 heterocycles. The summed E-state index contributed by atoms with van der Waals surface area (Å²) >= 11 is 5.76. The van der Waals surface area contributed by atoms with Gasteiger partial charge in [-0.1, -0.05) is 18.5 Å². The highest BCUT2D eigenvalue weighted by Gasteiger charge is 1.94. The number of guanidine groups is 1. The summed E-state index contributed by atoms with van der Waals surface area (Å²) in [6, 6.07) is 7.25. The van der Waals surface area contributed by atoms with Gasteiger partial charge >= 0.3 is 0 Å². The van der Waals surface area contributed by atoms with Crippen LogP contribution in [-0.4, -0.2) is 25.7 Å². The molecule has 0 atom stereocenters. The van der Waals surface area contributed by atoms with Crippen molar-refractivity contribution in [1.29, 1.82) is 0 Å². The van der Waals surface area contributed by atoms with E-state index in [0.29, 0.717) is 24.1 Å². The predicted molar refractivity (Wildman–Crippen MR) is 71.7 cm³/mol. The minimum absolute atomic E-state index is 0.464. The van der Waals surface area contributed by atoms with Gasteiger partial charge in [0.15, 0.2) is 5.96 Å². The molecule has 0 saturated carbocycles. The van der Waals surface area contributed by atoms with Crippen LogP contribution < -0.4 is 15.8 Å². The number of aliphatic imine (C=N–C) groups is 1. The number of nitrogens with two attached hydrogens (primary N) is 1. The van der Waals surface area contributed by atoms with Crippen LogP contribution in [0, 0.1) is 0 Å². The molecule has 0 amide bonds. The Balaban J connectivity index is 2.18. The topological polar surface area (TPSA) is 59.6 Å². The lowest BCUT2D eigenvalue weighted by Crippen LogP contribution is -2.34. The summed E-state index contributed by atoms with van der Waals surface area (Å²) in [5, 5.41) is 3.68. The fourth-order valence-corrected chi connectivity index (χ4v) is 1.29. The maximum Gasteiger partial charge on any atom is 0.188 e. The van der Waals surface area contributed by atoms with Gasteiger partial charge in [0.1, 0.15) is 12.4 Å². The first kappa shape index (κ1) is 13.6. The average Bonchev–Trinajstić information content (AvgIpc) is 2.34. The molecule has 0 spiro atoms. The van der Waals surface area contributed by atoms with Gasteiger partial charge in [0.05, 0.1) is 6.54 Å². The van der Waals surface area contributed by atoms with E-state index in [1.54, 1.807) is 12.1 Å². The van der Waals surface area contributed by atoms with Crippen molar-refractivity contribution in [3.63, 3.8) is 0 Å². The van der Waals surface area contributed by atoms with E-state index in [2.05, 4.69) is 17.2 Å². The largest absolute Gasteiger partial charge is 0.492 e. The van der Waals surface area contributed by atoms with E-state index in [-0.39, 0.29) is 0 Å². The van der Waals surface area contributed by atoms with Gasteiger partial charge < -0.3 is 15.8 Å². The van der Waals surface area contributed by atoms with Crippen LogP contribution >= 0.6 is 11.6 Å². The number of nitrogens with one attached hydrogen (secondary N) is 1. The lowest BCUT2D eigenvalue weighted by atomic mass is 10.3. The molecule has 0 unspecified atom stereocenters. The molecule has 0 radical (unpaired) electrons. The molecule has 0 aliphatic carbocycles. The second-order valence-electron chi connectivity index (χ2n) is 3.50. The Kier molecular flexibility index (Phi) is 6.25. The second kappa shape index (κ2) is 7.79. The summed E-state index contributed by atoms with van der Waals surface area (Å²) in [6.07, 6.45) is 0.990. The zero-order valence-electron chi connectivity index (χ0n) is 9.95. The van der Waals surface area contributed by atoms with Crippen LogP contribution in [0.1, 0.15) is 13.3 Å². The maximum atomic E-state index is 5.76. The highest BCUT2D eigenvalue weighted by molar-refractivity contribution is 6.30. The van der Waals surface area contributed by atoms with E-state index in [1.165, 1.54) is 0 Å². The van der Waals surface area contributed by atoms with Crippen LogP contribution in [0.3, 0.4) is 0 Å². The van der Waals surface area contributed by atoms with Crippen molar-refractivity contribution in [3.8, 4) is 5.75 Å². The molecule has 17 heavy (non-hydrogen) atoms. The zero-order chi connectivity index (χ0) is 12.5. The zero-order valence-corrected chi connectivity index (χ0v) is 10.7. The third-order valence-electron chi connectivity index (χ3n) is 2.00. The molecule has 1 aromatic rings. The number of benzene rings is 1. The Bertz CT molecular complexity index is 351. The Hall–Kier alpha value is -1.42. The maximum absolute atomic E-state index is 5.76. The lowest BCUT2D eigenvalue weighted by Gasteiger charge is -2.08. The van der Waals surface area contributed by atoms with Crippen molar-refractivity contribution in [3.05, 3.63) is 29.3 Å². The smallest absolute Gasteiger partial charge is 0.188 e. The molecule has 94 valence electrons. The molecule has 0 bridgehead atoms. The molecule has 0 saturated heterocycles. The van der Waals surface area contributed by atoms with Crippen LogP contribution in [0.15, 0.2) is 29.3 Å². The number of ether oxygens (including phenoxy) is 1. The van der Waals surface area contributed by atoms with Crippen LogP contribution in [-0.2, 0) is 0 Å². The van der Waals surface area contributed by atoms with Gasteiger partial charge in [0, 0.05) is 11.6 Å². The fourth-order valence-electron chi connectivity index (χ4n) is 1.17. The van der Waals surface area contributed by atoms with Crippen molar-refractivity contribution in [2.45, 2.75) is 13.3 Å². The first-order valence-corrected chi connectivity index (χ1v) is 6.02. The summed E-state index contributed by atoms with van der Waals surface area (Å²) in [6.45, 7) is 3.96. The Morgan fingerprint density at radius 3 is 2.76 bits per heavy atom. The van der Waals surface area contributed by atoms with Crippen LogP contribution in [0.25, 0.3) is 0 Å². The first-order chi connectivity index (χ1) is 8.22. The molecular weight excluding hydrogens is 238 g/mol. The van der Waals surface area contributed by atoms with E-state index < -0.39 is 0 Å². The Labute approximate surface area is 107 Å². The van der Waals surface area contributed by atoms with Gasteiger partial charge in [-0.05, 0) is 30.7 Å².